The number of ether oxygens (including phenoxy) is 1. The lowest BCUT2D eigenvalue weighted by Crippen LogP contribution is -2.21. The zero-order valence-corrected chi connectivity index (χ0v) is 9.56. The molecule has 90 valence electrons. The molecule has 16 heavy (non-hydrogen) atoms. The van der Waals surface area contributed by atoms with E-state index in [1.165, 1.54) is 6.07 Å². The van der Waals surface area contributed by atoms with Crippen LogP contribution in [0.15, 0.2) is 18.2 Å². The van der Waals surface area contributed by atoms with Gasteiger partial charge in [0.15, 0.2) is 18.2 Å². The lowest BCUT2D eigenvalue weighted by molar-refractivity contribution is -0.0239. The summed E-state index contributed by atoms with van der Waals surface area (Å²) in [5.74, 6) is -3.64. The summed E-state index contributed by atoms with van der Waals surface area (Å²) in [6, 6.07) is 4.57. The second-order valence-electron chi connectivity index (χ2n) is 4.17. The molecule has 0 bridgehead atoms. The number of hydrogen-bond acceptors (Lipinski definition) is 1. The van der Waals surface area contributed by atoms with Gasteiger partial charge in [0.1, 0.15) is 0 Å². The van der Waals surface area contributed by atoms with Crippen LogP contribution in [0.25, 0.3) is 0 Å². The molecular formula is C12H15F3O. The monoisotopic (exact) mass is 232 g/mol. The average molecular weight is 232 g/mol. The Labute approximate surface area is 93.2 Å². The van der Waals surface area contributed by atoms with Gasteiger partial charge >= 0.3 is 0 Å². The van der Waals surface area contributed by atoms with Gasteiger partial charge in [-0.3, -0.25) is 0 Å². The number of hydrogen-bond donors (Lipinski definition) is 0. The first-order valence-electron chi connectivity index (χ1n) is 5.10. The molecule has 0 unspecified atom stereocenters. The van der Waals surface area contributed by atoms with E-state index in [0.29, 0.717) is 5.56 Å². The third-order valence-corrected chi connectivity index (χ3v) is 2.10. The minimum absolute atomic E-state index is 0.00862. The van der Waals surface area contributed by atoms with Crippen molar-refractivity contribution in [1.82, 2.24) is 0 Å². The molecule has 1 nitrogen and oxygen atoms in total. The van der Waals surface area contributed by atoms with Crippen molar-refractivity contribution in [2.75, 3.05) is 6.61 Å². The van der Waals surface area contributed by atoms with E-state index in [4.69, 9.17) is 4.74 Å². The molecule has 0 N–H and O–H groups in total. The van der Waals surface area contributed by atoms with Crippen LogP contribution in [0, 0.1) is 5.82 Å². The molecule has 0 saturated heterocycles. The topological polar surface area (TPSA) is 9.23 Å². The maximum absolute atomic E-state index is 13.7. The van der Waals surface area contributed by atoms with Gasteiger partial charge < -0.3 is 4.74 Å². The van der Waals surface area contributed by atoms with E-state index in [-0.39, 0.29) is 11.7 Å². The van der Waals surface area contributed by atoms with E-state index in [2.05, 4.69) is 0 Å². The van der Waals surface area contributed by atoms with Gasteiger partial charge in [-0.25, -0.2) is 13.2 Å². The van der Waals surface area contributed by atoms with E-state index in [0.717, 1.165) is 6.92 Å². The highest BCUT2D eigenvalue weighted by Crippen LogP contribution is 2.27. The van der Waals surface area contributed by atoms with Crippen molar-refractivity contribution in [2.45, 2.75) is 32.6 Å². The zero-order valence-electron chi connectivity index (χ0n) is 9.56. The fraction of sp³-hybridized carbons (Fsp3) is 0.500. The van der Waals surface area contributed by atoms with E-state index < -0.39 is 18.3 Å². The molecule has 1 rings (SSSR count). The summed E-state index contributed by atoms with van der Waals surface area (Å²) in [5.41, 5.74) is 0.469. The fourth-order valence-corrected chi connectivity index (χ4v) is 1.29. The Bertz CT molecular complexity index is 356. The van der Waals surface area contributed by atoms with Gasteiger partial charge in [-0.1, -0.05) is 26.0 Å². The standard InChI is InChI=1S/C12H15F3O/c1-8(2)9-5-4-6-10(11(9)13)16-7-12(3,14)15/h4-6,8H,7H2,1-3H3. The molecule has 0 radical (unpaired) electrons. The summed E-state index contributed by atoms with van der Waals surface area (Å²) in [6.07, 6.45) is 0. The van der Waals surface area contributed by atoms with Gasteiger partial charge in [-0.2, -0.15) is 0 Å². The highest BCUT2D eigenvalue weighted by atomic mass is 19.3. The Morgan fingerprint density at radius 1 is 1.31 bits per heavy atom. The normalized spacial score (nSPS) is 11.9. The van der Waals surface area contributed by atoms with E-state index >= 15 is 0 Å². The van der Waals surface area contributed by atoms with Crippen molar-refractivity contribution in [3.63, 3.8) is 0 Å². The Morgan fingerprint density at radius 2 is 1.94 bits per heavy atom. The molecule has 0 aromatic heterocycles. The van der Waals surface area contributed by atoms with Crippen molar-refractivity contribution in [3.05, 3.63) is 29.6 Å². The Kier molecular flexibility index (Phi) is 3.83. The fourth-order valence-electron chi connectivity index (χ4n) is 1.29. The molecule has 0 spiro atoms. The predicted octanol–water partition coefficient (Wildman–Crippen LogP) is 3.98. The summed E-state index contributed by atoms with van der Waals surface area (Å²) in [5, 5.41) is 0. The van der Waals surface area contributed by atoms with Gasteiger partial charge in [0.2, 0.25) is 0 Å². The van der Waals surface area contributed by atoms with E-state index in [1.54, 1.807) is 12.1 Å². The quantitative estimate of drug-likeness (QED) is 0.762. The van der Waals surface area contributed by atoms with Crippen LogP contribution in [0.5, 0.6) is 5.75 Å². The molecule has 0 aliphatic carbocycles. The maximum atomic E-state index is 13.7. The molecule has 1 aromatic rings. The van der Waals surface area contributed by atoms with Gasteiger partial charge in [0, 0.05) is 6.92 Å². The van der Waals surface area contributed by atoms with Crippen molar-refractivity contribution >= 4 is 0 Å². The molecular weight excluding hydrogens is 217 g/mol. The number of rotatable bonds is 4. The molecule has 0 fully saturated rings. The van der Waals surface area contributed by atoms with Gasteiger partial charge in [0.05, 0.1) is 0 Å². The highest BCUT2D eigenvalue weighted by molar-refractivity contribution is 5.32. The van der Waals surface area contributed by atoms with Crippen LogP contribution in [0.4, 0.5) is 13.2 Å². The van der Waals surface area contributed by atoms with Gasteiger partial charge in [-0.05, 0) is 17.5 Å². The Balaban J connectivity index is 2.85. The molecule has 1 aromatic carbocycles. The Hall–Kier alpha value is -1.19. The number of benzene rings is 1. The SMILES string of the molecule is CC(C)c1cccc(OCC(C)(F)F)c1F. The molecule has 0 heterocycles. The molecule has 4 heteroatoms. The minimum atomic E-state index is -2.96. The lowest BCUT2D eigenvalue weighted by Gasteiger charge is -2.14. The second-order valence-corrected chi connectivity index (χ2v) is 4.17. The van der Waals surface area contributed by atoms with Crippen LogP contribution in [0.1, 0.15) is 32.3 Å². The van der Waals surface area contributed by atoms with Gasteiger partial charge in [-0.15, -0.1) is 0 Å². The molecule has 0 amide bonds. The van der Waals surface area contributed by atoms with E-state index in [9.17, 15) is 13.2 Å². The minimum Gasteiger partial charge on any atom is -0.484 e. The summed E-state index contributed by atoms with van der Waals surface area (Å²) < 4.78 is 43.6. The van der Waals surface area contributed by atoms with Crippen molar-refractivity contribution in [2.24, 2.45) is 0 Å². The van der Waals surface area contributed by atoms with Crippen molar-refractivity contribution in [3.8, 4) is 5.75 Å². The van der Waals surface area contributed by atoms with E-state index in [1.807, 2.05) is 13.8 Å². The molecule has 0 saturated carbocycles. The summed E-state index contributed by atoms with van der Waals surface area (Å²) >= 11 is 0. The highest BCUT2D eigenvalue weighted by Gasteiger charge is 2.23. The first-order valence-corrected chi connectivity index (χ1v) is 5.10. The van der Waals surface area contributed by atoms with Crippen molar-refractivity contribution < 1.29 is 17.9 Å². The van der Waals surface area contributed by atoms with Crippen LogP contribution in [0.2, 0.25) is 0 Å². The molecule has 0 aliphatic heterocycles. The summed E-state index contributed by atoms with van der Waals surface area (Å²) in [4.78, 5) is 0. The third-order valence-electron chi connectivity index (χ3n) is 2.10. The van der Waals surface area contributed by atoms with Crippen LogP contribution < -0.4 is 4.74 Å². The Morgan fingerprint density at radius 3 is 2.44 bits per heavy atom. The molecule has 0 atom stereocenters. The largest absolute Gasteiger partial charge is 0.484 e. The lowest BCUT2D eigenvalue weighted by atomic mass is 10.0. The number of alkyl halides is 2. The van der Waals surface area contributed by atoms with Crippen molar-refractivity contribution in [1.29, 1.82) is 0 Å². The van der Waals surface area contributed by atoms with Crippen LogP contribution in [-0.4, -0.2) is 12.5 Å². The second kappa shape index (κ2) is 4.76. The average Bonchev–Trinajstić information content (AvgIpc) is 2.14. The van der Waals surface area contributed by atoms with Crippen LogP contribution in [0.3, 0.4) is 0 Å². The number of halogens is 3. The predicted molar refractivity (Wildman–Crippen MR) is 56.6 cm³/mol. The zero-order chi connectivity index (χ0) is 12.3. The van der Waals surface area contributed by atoms with Crippen LogP contribution >= 0.6 is 0 Å². The smallest absolute Gasteiger partial charge is 0.278 e. The summed E-state index contributed by atoms with van der Waals surface area (Å²) in [6.45, 7) is 3.58. The maximum Gasteiger partial charge on any atom is 0.278 e. The summed E-state index contributed by atoms with van der Waals surface area (Å²) in [7, 11) is 0. The third kappa shape index (κ3) is 3.43. The molecule has 0 aliphatic rings. The first kappa shape index (κ1) is 12.9. The van der Waals surface area contributed by atoms with Crippen LogP contribution in [-0.2, 0) is 0 Å². The van der Waals surface area contributed by atoms with Gasteiger partial charge in [0.25, 0.3) is 5.92 Å². The first-order chi connectivity index (χ1) is 7.31.